The van der Waals surface area contributed by atoms with Crippen LogP contribution in [-0.2, 0) is 32.4 Å². The molecule has 0 amide bonds. The highest BCUT2D eigenvalue weighted by molar-refractivity contribution is 8.00. The molecule has 34 heteroatoms. The summed E-state index contributed by atoms with van der Waals surface area (Å²) in [6.45, 7) is 4.04. The van der Waals surface area contributed by atoms with Gasteiger partial charge in [-0.05, 0) is 158 Å². The summed E-state index contributed by atoms with van der Waals surface area (Å²) in [5.74, 6) is -0.213. The predicted molar refractivity (Wildman–Crippen MR) is 506 cm³/mol. The maximum atomic E-state index is 14.3. The fraction of sp³-hybridized carbons (Fsp3) is 0.140. The molecule has 684 valence electrons. The molecule has 7 heterocycles. The number of ether oxygens (including phenoxy) is 6. The van der Waals surface area contributed by atoms with Crippen LogP contribution in [0.1, 0.15) is 50.8 Å². The second-order valence-electron chi connectivity index (χ2n) is 29.4. The van der Waals surface area contributed by atoms with Crippen molar-refractivity contribution in [1.29, 1.82) is 0 Å². The van der Waals surface area contributed by atoms with Gasteiger partial charge in [0.05, 0.1) is 106 Å². The lowest BCUT2D eigenvalue weighted by Gasteiger charge is -2.18. The van der Waals surface area contributed by atoms with Crippen LogP contribution in [0.25, 0.3) is 54.7 Å². The Morgan fingerprint density at radius 1 is 0.396 bits per heavy atom. The zero-order valence-electron chi connectivity index (χ0n) is 72.5. The number of carbonyl (C=O) groups is 1. The number of Topliss-reactive ketones (excluding diaryl/α,β-unsaturated/α-hetero) is 1. The number of benzene rings is 10. The van der Waals surface area contributed by atoms with Gasteiger partial charge in [-0.3, -0.25) is 28.5 Å². The molecule has 0 fully saturated rings. The van der Waals surface area contributed by atoms with E-state index in [1.807, 2.05) is 110 Å². The van der Waals surface area contributed by atoms with Crippen LogP contribution in [0.4, 0.5) is 22.0 Å². The number of fused-ring (bicyclic) bond motifs is 7. The van der Waals surface area contributed by atoms with E-state index >= 15 is 0 Å². The second-order valence-corrected chi connectivity index (χ2v) is 34.6. The van der Waals surface area contributed by atoms with E-state index in [0.29, 0.717) is 107 Å². The number of aromatic hydroxyl groups is 3. The largest absolute Gasteiger partial charge is 0.506 e. The number of aromatic nitrogens is 4. The summed E-state index contributed by atoms with van der Waals surface area (Å²) in [4.78, 5) is 107. The molecule has 0 aliphatic heterocycles. The number of halogens is 5. The van der Waals surface area contributed by atoms with Crippen molar-refractivity contribution in [1.82, 2.24) is 18.3 Å². The summed E-state index contributed by atoms with van der Waals surface area (Å²) >= 11 is 5.00. The Morgan fingerprint density at radius 2 is 0.813 bits per heavy atom. The van der Waals surface area contributed by atoms with Gasteiger partial charge in [0.1, 0.15) is 59.9 Å². The number of methoxy groups -OCH3 is 6. The van der Waals surface area contributed by atoms with Crippen LogP contribution in [0.5, 0.6) is 51.7 Å². The standard InChI is InChI=1S/C29H22F3NO7S.C28H22FNO7S.C22H17NO3S.C21H18FNO3S2/c1-37-17-8-4-15(5-9-17)14-33-20-13-22(39-3)21(38-2)12-19(20)25-23(27(33)35)24(34)26(28(36)40-25)41-18-10-6-16(7-11-18)29(30,31)32;1-34-16-10-8-15(9-11-16)14-30-19-13-21(36-3)20(35-2)12-17(19)25-23(27(30)32)24(31)26(28(33)37-25)38-22-7-5-4-6-18(22)29;1-15-12-19-18(21(24)23(15)14-16-8-4-2-5-9-16)13-20(22(25)26-19)27-17-10-6-3-7-11-17;1-13(24)17-18(25)19(28-16-6-4-3-5-7-16)20(26)23(21(17)27-2)12-14-8-10-15(22)11-9-14/h4-13,34H,14H2,1-3H3;4-13,31H,14H2,1-3H3;2-13H,14H2,1H3;3-11,25H,12H2,1-2H3. The highest BCUT2D eigenvalue weighted by atomic mass is 32.2. The molecule has 0 saturated heterocycles. The molecular weight excluding hydrogens is 1830 g/mol. The van der Waals surface area contributed by atoms with Gasteiger partial charge in [-0.15, -0.1) is 11.8 Å². The Morgan fingerprint density at radius 3 is 1.28 bits per heavy atom. The number of nitrogens with zero attached hydrogens (tertiary/aromatic N) is 4. The van der Waals surface area contributed by atoms with Gasteiger partial charge in [0, 0.05) is 54.2 Å². The normalized spacial score (nSPS) is 11.2. The third-order valence-electron chi connectivity index (χ3n) is 21.0. The number of rotatable bonds is 24. The molecule has 0 saturated carbocycles. The van der Waals surface area contributed by atoms with Crippen molar-refractivity contribution in [3.05, 3.63) is 372 Å². The van der Waals surface area contributed by atoms with Crippen molar-refractivity contribution in [2.75, 3.05) is 48.9 Å². The number of ketones is 1. The summed E-state index contributed by atoms with van der Waals surface area (Å²) in [6.07, 6.45) is -2.79. The smallest absolute Gasteiger partial charge is 0.416 e. The van der Waals surface area contributed by atoms with Gasteiger partial charge in [0.25, 0.3) is 22.2 Å². The van der Waals surface area contributed by atoms with E-state index in [0.717, 1.165) is 73.8 Å². The van der Waals surface area contributed by atoms with E-state index in [-0.39, 0.29) is 94.5 Å². The monoisotopic (exact) mass is 1910 g/mol. The van der Waals surface area contributed by atoms with Gasteiger partial charge in [-0.25, -0.2) is 23.2 Å². The van der Waals surface area contributed by atoms with E-state index in [4.69, 9.17) is 41.7 Å². The van der Waals surface area contributed by atoms with E-state index in [2.05, 4.69) is 0 Å². The van der Waals surface area contributed by atoms with Gasteiger partial charge < -0.3 is 70.7 Å². The van der Waals surface area contributed by atoms with Crippen molar-refractivity contribution >= 4 is 119 Å². The predicted octanol–water partition coefficient (Wildman–Crippen LogP) is 20.5. The molecule has 0 aliphatic rings. The van der Waals surface area contributed by atoms with Crippen molar-refractivity contribution < 1.29 is 83.7 Å². The quantitative estimate of drug-likeness (QED) is 0.0219. The minimum absolute atomic E-state index is 0.0741. The fourth-order valence-electron chi connectivity index (χ4n) is 14.4. The average Bonchev–Trinajstić information content (AvgIpc) is 0.730. The lowest BCUT2D eigenvalue weighted by molar-refractivity contribution is -0.137. The number of thioether (sulfide) groups is 1. The summed E-state index contributed by atoms with van der Waals surface area (Å²) < 4.78 is 121. The molecule has 17 aromatic rings. The van der Waals surface area contributed by atoms with Gasteiger partial charge in [-0.1, -0.05) is 162 Å². The highest BCUT2D eigenvalue weighted by Gasteiger charge is 2.32. The first-order valence-electron chi connectivity index (χ1n) is 40.4. The van der Waals surface area contributed by atoms with Crippen molar-refractivity contribution in [2.24, 2.45) is 0 Å². The van der Waals surface area contributed by atoms with E-state index in [1.54, 1.807) is 103 Å². The highest BCUT2D eigenvalue weighted by Crippen LogP contribution is 2.45. The number of hydrogen-bond acceptors (Lipinski definition) is 25. The Labute approximate surface area is 779 Å². The Hall–Kier alpha value is -14.6. The van der Waals surface area contributed by atoms with Gasteiger partial charge in [-0.2, -0.15) is 13.2 Å². The topological polar surface area (TPSA) is 312 Å². The molecule has 0 aliphatic carbocycles. The van der Waals surface area contributed by atoms with Crippen molar-refractivity contribution in [3.63, 3.8) is 0 Å². The fourth-order valence-corrected chi connectivity index (χ4v) is 18.7. The van der Waals surface area contributed by atoms with Crippen LogP contribution in [0.15, 0.2) is 340 Å². The first-order chi connectivity index (χ1) is 64.4. The molecule has 17 rings (SSSR count). The third-order valence-corrected chi connectivity index (χ3v) is 26.1. The van der Waals surface area contributed by atoms with Crippen LogP contribution in [0.3, 0.4) is 0 Å². The minimum atomic E-state index is -4.53. The van der Waals surface area contributed by atoms with Gasteiger partial charge >= 0.3 is 23.1 Å². The number of carbonyl (C=O) groups excluding carboxylic acids is 1. The summed E-state index contributed by atoms with van der Waals surface area (Å²) in [7, 11) is 8.88. The molecule has 0 unspecified atom stereocenters. The van der Waals surface area contributed by atoms with E-state index in [1.165, 1.54) is 116 Å². The zero-order chi connectivity index (χ0) is 95.5. The summed E-state index contributed by atoms with van der Waals surface area (Å²) in [6, 6.07) is 68.1. The molecule has 0 atom stereocenters. The molecule has 0 spiro atoms. The molecular formula is C100H79F5N4O20S5. The van der Waals surface area contributed by atoms with Crippen LogP contribution in [-0.4, -0.2) is 88.3 Å². The van der Waals surface area contributed by atoms with Gasteiger partial charge in [0.15, 0.2) is 51.4 Å². The first-order valence-corrected chi connectivity index (χ1v) is 44.9. The Kier molecular flexibility index (Phi) is 29.9. The first kappa shape index (κ1) is 95.5. The Bertz CT molecular complexity index is 7760. The van der Waals surface area contributed by atoms with Gasteiger partial charge in [0.2, 0.25) is 0 Å². The second kappa shape index (κ2) is 41.9. The summed E-state index contributed by atoms with van der Waals surface area (Å²) in [5, 5.41) is 34.2. The summed E-state index contributed by atoms with van der Waals surface area (Å²) in [5.41, 5.74) is -0.0766. The van der Waals surface area contributed by atoms with Crippen LogP contribution in [0.2, 0.25) is 0 Å². The number of pyridine rings is 4. The van der Waals surface area contributed by atoms with Crippen LogP contribution in [0, 0.1) is 18.6 Å². The molecule has 24 nitrogen and oxygen atoms in total. The zero-order valence-corrected chi connectivity index (χ0v) is 76.6. The number of alkyl halides is 3. The SMILES string of the molecule is COc1ccc(Cn2c(=O)c3c(O)c(Sc4ccc(C(F)(F)F)cc4)c(=O)oc3c3cc(OC)c(OC)cc32)cc1.COc1ccc(Cn2c(=O)c3c(O)c(Sc4ccccc4F)c(=O)oc3c3cc(OC)c(OC)cc32)cc1.CSc1c(C(C)=O)c(O)c(Sc2ccccc2)c(=O)n1Cc1ccc(F)cc1.Cc1cc2oc(=O)c(Sc3ccccc3)cc2c(=O)n1Cc1ccccc1. The average molecular weight is 1910 g/mol. The lowest BCUT2D eigenvalue weighted by atomic mass is 10.1. The van der Waals surface area contributed by atoms with E-state index < -0.39 is 62.6 Å². The number of aryl methyl sites for hydroxylation is 1. The van der Waals surface area contributed by atoms with Crippen molar-refractivity contribution in [3.8, 4) is 51.7 Å². The van der Waals surface area contributed by atoms with E-state index in [9.17, 15) is 75.6 Å². The number of hydrogen-bond donors (Lipinski definition) is 3. The molecule has 7 aromatic heterocycles. The Balaban J connectivity index is 0.000000146. The van der Waals surface area contributed by atoms with Crippen LogP contribution < -0.4 is 67.5 Å². The maximum absolute atomic E-state index is 14.3. The lowest BCUT2D eigenvalue weighted by Crippen LogP contribution is -2.26. The van der Waals surface area contributed by atoms with Crippen LogP contribution >= 0.6 is 58.8 Å². The third kappa shape index (κ3) is 20.8. The maximum Gasteiger partial charge on any atom is 0.416 e. The molecule has 10 aromatic carbocycles. The molecule has 0 bridgehead atoms. The molecule has 3 N–H and O–H groups in total. The minimum Gasteiger partial charge on any atom is -0.506 e. The van der Waals surface area contributed by atoms with Crippen molar-refractivity contribution in [2.45, 2.75) is 90.4 Å². The molecule has 0 radical (unpaired) electrons. The molecule has 134 heavy (non-hydrogen) atoms.